The lowest BCUT2D eigenvalue weighted by molar-refractivity contribution is 0.0737. The number of rotatable bonds is 3. The highest BCUT2D eigenvalue weighted by Crippen LogP contribution is 2.38. The Kier molecular flexibility index (Phi) is 3.62. The van der Waals surface area contributed by atoms with Crippen molar-refractivity contribution in [3.8, 4) is 11.3 Å². The number of ketones is 1. The second kappa shape index (κ2) is 5.82. The van der Waals surface area contributed by atoms with Crippen LogP contribution in [0.2, 0.25) is 0 Å². The van der Waals surface area contributed by atoms with Crippen molar-refractivity contribution in [3.63, 3.8) is 0 Å². The highest BCUT2D eigenvalue weighted by molar-refractivity contribution is 6.06. The topological polar surface area (TPSA) is 66.6 Å². The summed E-state index contributed by atoms with van der Waals surface area (Å²) >= 11 is 0. The van der Waals surface area contributed by atoms with Crippen LogP contribution >= 0.6 is 0 Å². The van der Waals surface area contributed by atoms with Gasteiger partial charge in [0, 0.05) is 18.3 Å². The Morgan fingerprint density at radius 1 is 1.20 bits per heavy atom. The Morgan fingerprint density at radius 3 is 2.68 bits per heavy atom. The van der Waals surface area contributed by atoms with Crippen molar-refractivity contribution in [2.45, 2.75) is 12.6 Å². The lowest BCUT2D eigenvalue weighted by Crippen LogP contribution is -2.19. The van der Waals surface area contributed by atoms with Crippen molar-refractivity contribution < 1.29 is 18.7 Å². The van der Waals surface area contributed by atoms with Gasteiger partial charge in [0.05, 0.1) is 6.54 Å². The second-order valence-corrected chi connectivity index (χ2v) is 5.97. The van der Waals surface area contributed by atoms with Crippen molar-refractivity contribution in [2.75, 3.05) is 11.9 Å². The molecule has 0 bridgehead atoms. The van der Waals surface area contributed by atoms with E-state index in [0.717, 1.165) is 5.69 Å². The lowest BCUT2D eigenvalue weighted by atomic mass is 9.90. The number of aliphatic hydroxyl groups excluding tert-OH is 1. The molecule has 4 rings (SSSR count). The van der Waals surface area contributed by atoms with E-state index in [1.807, 2.05) is 18.0 Å². The number of halogens is 1. The number of carbonyl (C=O) groups is 1. The maximum absolute atomic E-state index is 13.0. The van der Waals surface area contributed by atoms with Gasteiger partial charge in [0.2, 0.25) is 11.7 Å². The highest BCUT2D eigenvalue weighted by atomic mass is 19.1. The first-order chi connectivity index (χ1) is 12.0. The van der Waals surface area contributed by atoms with E-state index in [-0.39, 0.29) is 11.5 Å². The van der Waals surface area contributed by atoms with Crippen LogP contribution in [0.5, 0.6) is 0 Å². The first-order valence-corrected chi connectivity index (χ1v) is 7.82. The van der Waals surface area contributed by atoms with Gasteiger partial charge in [-0.2, -0.15) is 0 Å². The molecule has 5 nitrogen and oxygen atoms in total. The number of hydrogen-bond donors (Lipinski definition) is 1. The molecular formula is C19H15FN2O3. The molecule has 1 atom stereocenters. The van der Waals surface area contributed by atoms with E-state index in [2.05, 4.69) is 4.98 Å². The third-order valence-corrected chi connectivity index (χ3v) is 4.29. The van der Waals surface area contributed by atoms with Gasteiger partial charge in [-0.3, -0.25) is 4.79 Å². The van der Waals surface area contributed by atoms with Gasteiger partial charge < -0.3 is 14.4 Å². The third-order valence-electron chi connectivity index (χ3n) is 4.29. The van der Waals surface area contributed by atoms with E-state index >= 15 is 0 Å². The monoisotopic (exact) mass is 338 g/mol. The number of fused-ring (bicyclic) bond motifs is 3. The molecule has 0 amide bonds. The zero-order valence-corrected chi connectivity index (χ0v) is 13.4. The van der Waals surface area contributed by atoms with E-state index in [0.29, 0.717) is 29.3 Å². The predicted octanol–water partition coefficient (Wildman–Crippen LogP) is 3.35. The van der Waals surface area contributed by atoms with Crippen molar-refractivity contribution in [3.05, 3.63) is 71.5 Å². The molecule has 0 radical (unpaired) electrons. The molecule has 2 aromatic carbocycles. The Labute approximate surface area is 143 Å². The summed E-state index contributed by atoms with van der Waals surface area (Å²) in [5.74, 6) is -0.0319. The summed E-state index contributed by atoms with van der Waals surface area (Å²) in [5.41, 5.74) is 2.14. The Hall–Kier alpha value is -2.99. The minimum atomic E-state index is -1.23. The van der Waals surface area contributed by atoms with E-state index < -0.39 is 11.9 Å². The first kappa shape index (κ1) is 15.5. The van der Waals surface area contributed by atoms with Crippen LogP contribution in [0.3, 0.4) is 0 Å². The van der Waals surface area contributed by atoms with Crippen LogP contribution in [0, 0.1) is 5.82 Å². The van der Waals surface area contributed by atoms with Gasteiger partial charge in [0.15, 0.2) is 11.5 Å². The molecule has 126 valence electrons. The average molecular weight is 338 g/mol. The summed E-state index contributed by atoms with van der Waals surface area (Å²) in [6.07, 6.45) is -1.23. The molecule has 1 heterocycles. The number of anilines is 1. The van der Waals surface area contributed by atoms with Crippen LogP contribution in [0.25, 0.3) is 11.3 Å². The summed E-state index contributed by atoms with van der Waals surface area (Å²) in [5, 5.41) is 10.2. The molecule has 0 aliphatic heterocycles. The van der Waals surface area contributed by atoms with Gasteiger partial charge in [-0.05, 0) is 29.8 Å². The summed E-state index contributed by atoms with van der Waals surface area (Å²) in [4.78, 5) is 18.5. The maximum atomic E-state index is 13.0. The lowest BCUT2D eigenvalue weighted by Gasteiger charge is -2.17. The zero-order valence-electron chi connectivity index (χ0n) is 13.4. The van der Waals surface area contributed by atoms with Gasteiger partial charge in [0.25, 0.3) is 0 Å². The Morgan fingerprint density at radius 2 is 1.92 bits per heavy atom. The molecule has 0 spiro atoms. The molecule has 1 aromatic heterocycles. The molecular weight excluding hydrogens is 323 g/mol. The fourth-order valence-electron chi connectivity index (χ4n) is 2.98. The summed E-state index contributed by atoms with van der Waals surface area (Å²) < 4.78 is 18.9. The minimum Gasteiger partial charge on any atom is -0.438 e. The number of Topliss-reactive ketones (excluding diaryl/α,β-unsaturated/α-hetero) is 1. The Balaban J connectivity index is 1.68. The van der Waals surface area contributed by atoms with E-state index in [4.69, 9.17) is 4.42 Å². The van der Waals surface area contributed by atoms with Crippen LogP contribution < -0.4 is 4.90 Å². The third kappa shape index (κ3) is 2.60. The van der Waals surface area contributed by atoms with Crippen molar-refractivity contribution in [2.24, 2.45) is 0 Å². The number of benzene rings is 2. The van der Waals surface area contributed by atoms with Crippen LogP contribution in [0.1, 0.15) is 28.0 Å². The molecule has 0 saturated carbocycles. The molecule has 6 heteroatoms. The summed E-state index contributed by atoms with van der Waals surface area (Å²) in [6, 6.07) is 13.1. The van der Waals surface area contributed by atoms with Crippen molar-refractivity contribution in [1.82, 2.24) is 4.98 Å². The fraction of sp³-hybridized carbons (Fsp3) is 0.158. The van der Waals surface area contributed by atoms with Crippen LogP contribution in [-0.2, 0) is 6.54 Å². The quantitative estimate of drug-likeness (QED) is 0.793. The highest BCUT2D eigenvalue weighted by Gasteiger charge is 2.35. The first-order valence-electron chi connectivity index (χ1n) is 7.82. The maximum Gasteiger partial charge on any atom is 0.218 e. The van der Waals surface area contributed by atoms with Gasteiger partial charge in [0.1, 0.15) is 11.9 Å². The number of hydrogen-bond acceptors (Lipinski definition) is 5. The smallest absolute Gasteiger partial charge is 0.218 e. The minimum absolute atomic E-state index is 0.147. The summed E-state index contributed by atoms with van der Waals surface area (Å²) in [7, 11) is 1.82. The molecule has 1 aliphatic carbocycles. The average Bonchev–Trinajstić information content (AvgIpc) is 3.04. The molecule has 0 fully saturated rings. The number of aliphatic hydroxyl groups is 1. The zero-order chi connectivity index (χ0) is 17.6. The van der Waals surface area contributed by atoms with E-state index in [9.17, 15) is 14.3 Å². The number of carbonyl (C=O) groups excluding carboxylic acids is 1. The molecule has 1 aliphatic rings. The molecule has 3 aromatic rings. The molecule has 25 heavy (non-hydrogen) atoms. The SMILES string of the molecule is CN(Cc1nc2c(o1)-c1ccccc1C(O)C2=O)c1ccc(F)cc1. The number of aromatic nitrogens is 1. The summed E-state index contributed by atoms with van der Waals surface area (Å²) in [6.45, 7) is 0.310. The van der Waals surface area contributed by atoms with Crippen LogP contribution in [-0.4, -0.2) is 22.9 Å². The van der Waals surface area contributed by atoms with E-state index in [1.54, 1.807) is 30.3 Å². The molecule has 0 saturated heterocycles. The number of oxazole rings is 1. The van der Waals surface area contributed by atoms with Crippen molar-refractivity contribution in [1.29, 1.82) is 0 Å². The van der Waals surface area contributed by atoms with Gasteiger partial charge >= 0.3 is 0 Å². The second-order valence-electron chi connectivity index (χ2n) is 5.97. The van der Waals surface area contributed by atoms with Gasteiger partial charge in [-0.15, -0.1) is 0 Å². The molecule has 1 N–H and O–H groups in total. The van der Waals surface area contributed by atoms with Gasteiger partial charge in [-0.25, -0.2) is 9.37 Å². The normalized spacial score (nSPS) is 15.6. The van der Waals surface area contributed by atoms with Gasteiger partial charge in [-0.1, -0.05) is 24.3 Å². The van der Waals surface area contributed by atoms with Crippen molar-refractivity contribution >= 4 is 11.5 Å². The predicted molar refractivity (Wildman–Crippen MR) is 89.7 cm³/mol. The Bertz CT molecular complexity index is 950. The fourth-order valence-corrected chi connectivity index (χ4v) is 2.98. The number of nitrogens with zero attached hydrogens (tertiary/aromatic N) is 2. The van der Waals surface area contributed by atoms with Crippen LogP contribution in [0.4, 0.5) is 10.1 Å². The van der Waals surface area contributed by atoms with Crippen LogP contribution in [0.15, 0.2) is 52.9 Å². The standard InChI is InChI=1S/C19H15FN2O3/c1-22(12-8-6-11(20)7-9-12)10-15-21-16-18(24)17(23)13-4-2-3-5-14(13)19(16)25-15/h2-9,17,23H,10H2,1H3. The molecule has 1 unspecified atom stereocenters. The van der Waals surface area contributed by atoms with E-state index in [1.165, 1.54) is 12.1 Å². The largest absolute Gasteiger partial charge is 0.438 e.